The van der Waals surface area contributed by atoms with Crippen molar-refractivity contribution in [2.24, 2.45) is 0 Å². The lowest BCUT2D eigenvalue weighted by Crippen LogP contribution is -2.26. The molecule has 1 N–H and O–H groups in total. The SMILES string of the molecule is CCOC(=O)C(C(C)=O)c1cccc(S(=O)(=O)NC2CC2)c1. The van der Waals surface area contributed by atoms with Gasteiger partial charge < -0.3 is 4.74 Å². The number of nitrogens with one attached hydrogen (secondary N) is 1. The van der Waals surface area contributed by atoms with E-state index in [9.17, 15) is 18.0 Å². The van der Waals surface area contributed by atoms with E-state index in [-0.39, 0.29) is 23.3 Å². The molecule has 1 saturated carbocycles. The first-order valence-corrected chi connectivity index (χ1v) is 8.63. The number of carbonyl (C=O) groups excluding carboxylic acids is 2. The molecule has 1 fully saturated rings. The summed E-state index contributed by atoms with van der Waals surface area (Å²) >= 11 is 0. The van der Waals surface area contributed by atoms with Crippen molar-refractivity contribution in [3.05, 3.63) is 29.8 Å². The van der Waals surface area contributed by atoms with Crippen LogP contribution in [0.5, 0.6) is 0 Å². The first kappa shape index (κ1) is 16.6. The Morgan fingerprint density at radius 1 is 1.36 bits per heavy atom. The highest BCUT2D eigenvalue weighted by Gasteiger charge is 2.30. The van der Waals surface area contributed by atoms with Gasteiger partial charge in [-0.1, -0.05) is 12.1 Å². The van der Waals surface area contributed by atoms with Crippen LogP contribution in [0.25, 0.3) is 0 Å². The number of hydrogen-bond acceptors (Lipinski definition) is 5. The molecule has 0 bridgehead atoms. The highest BCUT2D eigenvalue weighted by atomic mass is 32.2. The molecule has 1 aromatic carbocycles. The quantitative estimate of drug-likeness (QED) is 0.604. The summed E-state index contributed by atoms with van der Waals surface area (Å²) in [5, 5.41) is 0. The second-order valence-corrected chi connectivity index (χ2v) is 6.98. The van der Waals surface area contributed by atoms with E-state index in [1.807, 2.05) is 0 Å². The number of esters is 1. The zero-order chi connectivity index (χ0) is 16.3. The minimum atomic E-state index is -3.63. The maximum absolute atomic E-state index is 12.2. The third-order valence-corrected chi connectivity index (χ3v) is 4.85. The van der Waals surface area contributed by atoms with Gasteiger partial charge in [-0.25, -0.2) is 13.1 Å². The molecule has 0 radical (unpaired) electrons. The van der Waals surface area contributed by atoms with Crippen LogP contribution in [0.4, 0.5) is 0 Å². The number of Topliss-reactive ketones (excluding diaryl/α,β-unsaturated/α-hetero) is 1. The van der Waals surface area contributed by atoms with Crippen molar-refractivity contribution in [2.45, 2.75) is 43.5 Å². The van der Waals surface area contributed by atoms with Crippen LogP contribution >= 0.6 is 0 Å². The zero-order valence-electron chi connectivity index (χ0n) is 12.5. The van der Waals surface area contributed by atoms with Gasteiger partial charge in [-0.15, -0.1) is 0 Å². The number of benzene rings is 1. The predicted octanol–water partition coefficient (Wildman–Crippen LogP) is 1.36. The van der Waals surface area contributed by atoms with Crippen molar-refractivity contribution in [1.29, 1.82) is 0 Å². The summed E-state index contributed by atoms with van der Waals surface area (Å²) in [6.07, 6.45) is 1.66. The van der Waals surface area contributed by atoms with Crippen LogP contribution in [0.1, 0.15) is 38.2 Å². The van der Waals surface area contributed by atoms with Crippen molar-refractivity contribution in [2.75, 3.05) is 6.61 Å². The van der Waals surface area contributed by atoms with Crippen LogP contribution in [0, 0.1) is 0 Å². The molecule has 22 heavy (non-hydrogen) atoms. The summed E-state index contributed by atoms with van der Waals surface area (Å²) in [6, 6.07) is 5.86. The zero-order valence-corrected chi connectivity index (χ0v) is 13.4. The Hall–Kier alpha value is -1.73. The van der Waals surface area contributed by atoms with E-state index in [0.717, 1.165) is 12.8 Å². The summed E-state index contributed by atoms with van der Waals surface area (Å²) in [6.45, 7) is 3.09. The molecular weight excluding hydrogens is 306 g/mol. The lowest BCUT2D eigenvalue weighted by Gasteiger charge is -2.14. The molecule has 0 amide bonds. The molecule has 1 aliphatic rings. The maximum Gasteiger partial charge on any atom is 0.320 e. The minimum Gasteiger partial charge on any atom is -0.465 e. The Labute approximate surface area is 129 Å². The fourth-order valence-corrected chi connectivity index (χ4v) is 3.47. The summed E-state index contributed by atoms with van der Waals surface area (Å²) in [7, 11) is -3.63. The van der Waals surface area contributed by atoms with Crippen molar-refractivity contribution in [3.8, 4) is 0 Å². The van der Waals surface area contributed by atoms with Gasteiger partial charge in [0.1, 0.15) is 11.7 Å². The van der Waals surface area contributed by atoms with Crippen molar-refractivity contribution < 1.29 is 22.7 Å². The van der Waals surface area contributed by atoms with E-state index < -0.39 is 21.9 Å². The van der Waals surface area contributed by atoms with Gasteiger partial charge in [0.15, 0.2) is 0 Å². The average Bonchev–Trinajstić information content (AvgIpc) is 3.22. The van der Waals surface area contributed by atoms with Gasteiger partial charge in [0.2, 0.25) is 10.0 Å². The Bertz CT molecular complexity index is 679. The third-order valence-electron chi connectivity index (χ3n) is 3.33. The van der Waals surface area contributed by atoms with Gasteiger partial charge in [0.05, 0.1) is 11.5 Å². The molecule has 1 unspecified atom stereocenters. The van der Waals surface area contributed by atoms with Gasteiger partial charge in [-0.05, 0) is 44.4 Å². The van der Waals surface area contributed by atoms with E-state index in [1.165, 1.54) is 25.1 Å². The first-order valence-electron chi connectivity index (χ1n) is 7.14. The normalized spacial score (nSPS) is 16.1. The van der Waals surface area contributed by atoms with Gasteiger partial charge >= 0.3 is 5.97 Å². The average molecular weight is 325 g/mol. The molecule has 0 spiro atoms. The van der Waals surface area contributed by atoms with Gasteiger partial charge in [-0.3, -0.25) is 9.59 Å². The Morgan fingerprint density at radius 3 is 2.59 bits per heavy atom. The molecule has 0 heterocycles. The Balaban J connectivity index is 2.32. The second kappa shape index (κ2) is 6.58. The molecule has 7 heteroatoms. The lowest BCUT2D eigenvalue weighted by atomic mass is 9.96. The smallest absolute Gasteiger partial charge is 0.320 e. The Morgan fingerprint density at radius 2 is 2.05 bits per heavy atom. The standard InChI is InChI=1S/C15H19NO5S/c1-3-21-15(18)14(10(2)17)11-5-4-6-13(9-11)22(19,20)16-12-7-8-12/h4-6,9,12,14,16H,3,7-8H2,1-2H3. The molecular formula is C15H19NO5S. The number of carbonyl (C=O) groups is 2. The van der Waals surface area contributed by atoms with Crippen LogP contribution in [0.3, 0.4) is 0 Å². The highest BCUT2D eigenvalue weighted by Crippen LogP contribution is 2.25. The molecule has 2 rings (SSSR count). The minimum absolute atomic E-state index is 0.0117. The largest absolute Gasteiger partial charge is 0.465 e. The van der Waals surface area contributed by atoms with Gasteiger partial charge in [0, 0.05) is 6.04 Å². The maximum atomic E-state index is 12.2. The van der Waals surface area contributed by atoms with E-state index in [0.29, 0.717) is 5.56 Å². The topological polar surface area (TPSA) is 89.5 Å². The van der Waals surface area contributed by atoms with Gasteiger partial charge in [-0.2, -0.15) is 0 Å². The molecule has 1 aromatic rings. The molecule has 0 saturated heterocycles. The third kappa shape index (κ3) is 3.92. The Kier molecular flexibility index (Phi) is 4.97. The molecule has 6 nitrogen and oxygen atoms in total. The predicted molar refractivity (Wildman–Crippen MR) is 79.8 cm³/mol. The van der Waals surface area contributed by atoms with Crippen molar-refractivity contribution in [1.82, 2.24) is 4.72 Å². The summed E-state index contributed by atoms with van der Waals surface area (Å²) in [5.74, 6) is -2.15. The van der Waals surface area contributed by atoms with Crippen LogP contribution < -0.4 is 4.72 Å². The van der Waals surface area contributed by atoms with Crippen LogP contribution in [0.15, 0.2) is 29.2 Å². The van der Waals surface area contributed by atoms with Crippen LogP contribution in [-0.2, 0) is 24.3 Å². The number of hydrogen-bond donors (Lipinski definition) is 1. The van der Waals surface area contributed by atoms with Crippen LogP contribution in [0.2, 0.25) is 0 Å². The van der Waals surface area contributed by atoms with E-state index in [4.69, 9.17) is 4.74 Å². The number of rotatable bonds is 7. The van der Waals surface area contributed by atoms with E-state index >= 15 is 0 Å². The number of ether oxygens (including phenoxy) is 1. The second-order valence-electron chi connectivity index (χ2n) is 5.26. The van der Waals surface area contributed by atoms with E-state index in [1.54, 1.807) is 13.0 Å². The molecule has 0 aromatic heterocycles. The van der Waals surface area contributed by atoms with Crippen LogP contribution in [-0.4, -0.2) is 32.8 Å². The van der Waals surface area contributed by atoms with Gasteiger partial charge in [0.25, 0.3) is 0 Å². The highest BCUT2D eigenvalue weighted by molar-refractivity contribution is 7.89. The molecule has 1 atom stereocenters. The fraction of sp³-hybridized carbons (Fsp3) is 0.467. The molecule has 0 aliphatic heterocycles. The summed E-state index contributed by atoms with van der Waals surface area (Å²) in [5.41, 5.74) is 0.324. The monoisotopic (exact) mass is 325 g/mol. The molecule has 120 valence electrons. The van der Waals surface area contributed by atoms with Crippen molar-refractivity contribution >= 4 is 21.8 Å². The summed E-state index contributed by atoms with van der Waals surface area (Å²) in [4.78, 5) is 23.7. The summed E-state index contributed by atoms with van der Waals surface area (Å²) < 4.78 is 31.9. The molecule has 1 aliphatic carbocycles. The van der Waals surface area contributed by atoms with E-state index in [2.05, 4.69) is 4.72 Å². The first-order chi connectivity index (χ1) is 10.3. The number of sulfonamides is 1. The number of ketones is 1. The fourth-order valence-electron chi connectivity index (χ4n) is 2.11. The van der Waals surface area contributed by atoms with Crippen molar-refractivity contribution in [3.63, 3.8) is 0 Å². The lowest BCUT2D eigenvalue weighted by molar-refractivity contribution is -0.147.